The molecule has 0 saturated heterocycles. The molecule has 0 radical (unpaired) electrons. The highest BCUT2D eigenvalue weighted by Crippen LogP contribution is 2.32. The van der Waals surface area contributed by atoms with E-state index in [2.05, 4.69) is 10.1 Å². The first kappa shape index (κ1) is 18.4. The number of hydrogen-bond donors (Lipinski definition) is 0. The van der Waals surface area contributed by atoms with Gasteiger partial charge in [-0.15, -0.1) is 0 Å². The summed E-state index contributed by atoms with van der Waals surface area (Å²) in [5.41, 5.74) is 0. The lowest BCUT2D eigenvalue weighted by molar-refractivity contribution is 0.216. The monoisotopic (exact) mass is 394 g/mol. The predicted octanol–water partition coefficient (Wildman–Crippen LogP) is 4.72. The minimum absolute atomic E-state index is 0.216. The van der Waals surface area contributed by atoms with Gasteiger partial charge in [-0.05, 0) is 43.3 Å². The molecule has 3 aromatic rings. The zero-order valence-corrected chi connectivity index (χ0v) is 15.5. The summed E-state index contributed by atoms with van der Waals surface area (Å²) in [6, 6.07) is 12.4. The zero-order valence-electron chi connectivity index (χ0n) is 13.9. The Morgan fingerprint density at radius 1 is 0.885 bits per heavy atom. The second-order valence-corrected chi connectivity index (χ2v) is 6.06. The molecule has 0 fully saturated rings. The molecule has 1 heterocycles. The first-order chi connectivity index (χ1) is 12.6. The number of benzene rings is 2. The largest absolute Gasteiger partial charge is 0.490 e. The van der Waals surface area contributed by atoms with Crippen molar-refractivity contribution in [3.05, 3.63) is 64.2 Å². The lowest BCUT2D eigenvalue weighted by atomic mass is 10.3. The van der Waals surface area contributed by atoms with Crippen LogP contribution < -0.4 is 14.2 Å². The third-order valence-corrected chi connectivity index (χ3v) is 3.87. The maximum Gasteiger partial charge on any atom is 0.264 e. The molecule has 0 saturated carbocycles. The summed E-state index contributed by atoms with van der Waals surface area (Å²) in [6.07, 6.45) is 0. The van der Waals surface area contributed by atoms with Crippen LogP contribution in [0.4, 0.5) is 0 Å². The van der Waals surface area contributed by atoms with Crippen molar-refractivity contribution in [3.8, 4) is 17.2 Å². The van der Waals surface area contributed by atoms with E-state index < -0.39 is 0 Å². The Balaban J connectivity index is 1.43. The van der Waals surface area contributed by atoms with Crippen molar-refractivity contribution < 1.29 is 18.7 Å². The van der Waals surface area contributed by atoms with Crippen molar-refractivity contribution in [1.82, 2.24) is 10.1 Å². The Kier molecular flexibility index (Phi) is 6.20. The topological polar surface area (TPSA) is 66.6 Å². The molecule has 136 valence electrons. The van der Waals surface area contributed by atoms with E-state index in [0.717, 1.165) is 0 Å². The second-order valence-electron chi connectivity index (χ2n) is 5.24. The molecule has 0 spiro atoms. The van der Waals surface area contributed by atoms with Crippen LogP contribution in [-0.2, 0) is 6.61 Å². The van der Waals surface area contributed by atoms with Crippen LogP contribution in [0.2, 0.25) is 10.0 Å². The van der Waals surface area contributed by atoms with Gasteiger partial charge in [-0.1, -0.05) is 34.4 Å². The Bertz CT molecular complexity index is 832. The molecule has 0 bridgehead atoms. The zero-order chi connectivity index (χ0) is 18.4. The summed E-state index contributed by atoms with van der Waals surface area (Å²) >= 11 is 12.1. The molecule has 0 aliphatic rings. The van der Waals surface area contributed by atoms with Gasteiger partial charge in [0.1, 0.15) is 24.7 Å². The minimum Gasteiger partial charge on any atom is -0.490 e. The van der Waals surface area contributed by atoms with E-state index in [1.165, 1.54) is 0 Å². The van der Waals surface area contributed by atoms with Gasteiger partial charge in [0.05, 0.1) is 10.0 Å². The van der Waals surface area contributed by atoms with Crippen molar-refractivity contribution in [1.29, 1.82) is 0 Å². The number of aromatic nitrogens is 2. The summed E-state index contributed by atoms with van der Waals surface area (Å²) in [7, 11) is 0. The Morgan fingerprint density at radius 2 is 1.50 bits per heavy atom. The van der Waals surface area contributed by atoms with Crippen LogP contribution >= 0.6 is 23.2 Å². The summed E-state index contributed by atoms with van der Waals surface area (Å²) in [6.45, 7) is 2.64. The molecular formula is C18H16Cl2N2O4. The molecule has 0 aliphatic carbocycles. The average Bonchev–Trinajstić information content (AvgIpc) is 3.05. The van der Waals surface area contributed by atoms with E-state index in [1.54, 1.807) is 49.4 Å². The van der Waals surface area contributed by atoms with E-state index in [9.17, 15) is 0 Å². The van der Waals surface area contributed by atoms with Gasteiger partial charge >= 0.3 is 0 Å². The fourth-order valence-corrected chi connectivity index (χ4v) is 2.61. The first-order valence-electron chi connectivity index (χ1n) is 7.83. The van der Waals surface area contributed by atoms with Crippen molar-refractivity contribution >= 4 is 23.2 Å². The highest BCUT2D eigenvalue weighted by Gasteiger charge is 2.07. The summed E-state index contributed by atoms with van der Waals surface area (Å²) in [5.74, 6) is 2.83. The van der Waals surface area contributed by atoms with Gasteiger partial charge in [0.15, 0.2) is 18.2 Å². The van der Waals surface area contributed by atoms with Gasteiger partial charge in [-0.3, -0.25) is 0 Å². The average molecular weight is 395 g/mol. The van der Waals surface area contributed by atoms with Crippen molar-refractivity contribution in [2.45, 2.75) is 13.5 Å². The molecule has 0 aliphatic heterocycles. The van der Waals surface area contributed by atoms with Crippen LogP contribution in [0.1, 0.15) is 11.7 Å². The number of nitrogens with zero attached hydrogens (tertiary/aromatic N) is 2. The lowest BCUT2D eigenvalue weighted by Crippen LogP contribution is -2.09. The molecule has 6 nitrogen and oxygen atoms in total. The van der Waals surface area contributed by atoms with Crippen molar-refractivity contribution in [2.24, 2.45) is 0 Å². The van der Waals surface area contributed by atoms with Gasteiger partial charge in [0, 0.05) is 0 Å². The van der Waals surface area contributed by atoms with E-state index in [4.69, 9.17) is 41.9 Å². The molecule has 0 N–H and O–H groups in total. The SMILES string of the molecule is Cc1noc(COc2ccc(OCCOc3c(Cl)cccc3Cl)cc2)n1. The standard InChI is InChI=1S/C18H16Cl2N2O4/c1-12-21-17(26-22-12)11-25-14-7-5-13(6-8-14)23-9-10-24-18-15(19)3-2-4-16(18)20/h2-8H,9-11H2,1H3. The van der Waals surface area contributed by atoms with Gasteiger partial charge < -0.3 is 18.7 Å². The van der Waals surface area contributed by atoms with Crippen LogP contribution in [0.5, 0.6) is 17.2 Å². The second kappa shape index (κ2) is 8.78. The fraction of sp³-hybridized carbons (Fsp3) is 0.222. The minimum atomic E-state index is 0.216. The highest BCUT2D eigenvalue weighted by atomic mass is 35.5. The van der Waals surface area contributed by atoms with Crippen LogP contribution in [0, 0.1) is 6.92 Å². The van der Waals surface area contributed by atoms with Gasteiger partial charge in [0.25, 0.3) is 5.89 Å². The number of hydrogen-bond acceptors (Lipinski definition) is 6. The number of ether oxygens (including phenoxy) is 3. The Morgan fingerprint density at radius 3 is 2.12 bits per heavy atom. The highest BCUT2D eigenvalue weighted by molar-refractivity contribution is 6.37. The summed E-state index contributed by atoms with van der Waals surface area (Å²) in [4.78, 5) is 4.07. The van der Waals surface area contributed by atoms with Crippen molar-refractivity contribution in [2.75, 3.05) is 13.2 Å². The summed E-state index contributed by atoms with van der Waals surface area (Å²) < 4.78 is 21.7. The molecule has 1 aromatic heterocycles. The smallest absolute Gasteiger partial charge is 0.264 e. The molecule has 0 amide bonds. The molecule has 0 atom stereocenters. The van der Waals surface area contributed by atoms with Crippen LogP contribution in [0.3, 0.4) is 0 Å². The quantitative estimate of drug-likeness (QED) is 0.514. The molecule has 2 aromatic carbocycles. The van der Waals surface area contributed by atoms with Gasteiger partial charge in [-0.2, -0.15) is 4.98 Å². The molecular weight excluding hydrogens is 379 g/mol. The number of aryl methyl sites for hydroxylation is 1. The van der Waals surface area contributed by atoms with Crippen LogP contribution in [0.15, 0.2) is 47.0 Å². The van der Waals surface area contributed by atoms with Gasteiger partial charge in [-0.25, -0.2) is 0 Å². The van der Waals surface area contributed by atoms with E-state index in [0.29, 0.717) is 52.2 Å². The first-order valence-corrected chi connectivity index (χ1v) is 8.59. The third-order valence-electron chi connectivity index (χ3n) is 3.27. The number of para-hydroxylation sites is 1. The Labute approximate surface area is 160 Å². The number of rotatable bonds is 8. The van der Waals surface area contributed by atoms with Crippen molar-refractivity contribution in [3.63, 3.8) is 0 Å². The summed E-state index contributed by atoms with van der Waals surface area (Å²) in [5, 5.41) is 4.64. The Hall–Kier alpha value is -2.44. The van der Waals surface area contributed by atoms with E-state index in [-0.39, 0.29) is 6.61 Å². The molecule has 26 heavy (non-hydrogen) atoms. The van der Waals surface area contributed by atoms with Crippen LogP contribution in [0.25, 0.3) is 0 Å². The lowest BCUT2D eigenvalue weighted by Gasteiger charge is -2.11. The predicted molar refractivity (Wildman–Crippen MR) is 97.3 cm³/mol. The maximum atomic E-state index is 6.04. The van der Waals surface area contributed by atoms with Crippen LogP contribution in [-0.4, -0.2) is 23.4 Å². The van der Waals surface area contributed by atoms with Gasteiger partial charge in [0.2, 0.25) is 0 Å². The molecule has 0 unspecified atom stereocenters. The molecule has 3 rings (SSSR count). The normalized spacial score (nSPS) is 10.6. The maximum absolute atomic E-state index is 6.04. The van der Waals surface area contributed by atoms with E-state index >= 15 is 0 Å². The molecule has 8 heteroatoms. The van der Waals surface area contributed by atoms with E-state index in [1.807, 2.05) is 0 Å². The fourth-order valence-electron chi connectivity index (χ4n) is 2.10. The third kappa shape index (κ3) is 5.03. The number of halogens is 2.